The molecule has 0 spiro atoms. The van der Waals surface area contributed by atoms with E-state index >= 15 is 0 Å². The summed E-state index contributed by atoms with van der Waals surface area (Å²) in [5.41, 5.74) is 0.0721. The van der Waals surface area contributed by atoms with E-state index in [1.165, 1.54) is 4.88 Å². The molecular weight excluding hydrogens is 334 g/mol. The Hall–Kier alpha value is -1.60. The van der Waals surface area contributed by atoms with E-state index in [1.807, 2.05) is 7.05 Å². The van der Waals surface area contributed by atoms with Gasteiger partial charge in [-0.3, -0.25) is 14.7 Å². The van der Waals surface area contributed by atoms with Gasteiger partial charge in [0.05, 0.1) is 6.54 Å². The van der Waals surface area contributed by atoms with Crippen molar-refractivity contribution < 1.29 is 4.79 Å². The summed E-state index contributed by atoms with van der Waals surface area (Å²) < 4.78 is 0. The van der Waals surface area contributed by atoms with Gasteiger partial charge in [-0.1, -0.05) is 19.9 Å². The molecule has 0 aliphatic carbocycles. The highest BCUT2D eigenvalue weighted by atomic mass is 32.1. The van der Waals surface area contributed by atoms with Crippen LogP contribution in [-0.4, -0.2) is 63.1 Å². The molecule has 1 fully saturated rings. The molecule has 2 heterocycles. The van der Waals surface area contributed by atoms with Crippen molar-refractivity contribution in [3.05, 3.63) is 22.4 Å². The maximum absolute atomic E-state index is 11.5. The number of nitrogens with one attached hydrogen (secondary N) is 3. The molecule has 3 N–H and O–H groups in total. The highest BCUT2D eigenvalue weighted by Gasteiger charge is 2.24. The summed E-state index contributed by atoms with van der Waals surface area (Å²) in [6.45, 7) is 7.69. The number of amides is 1. The molecule has 6 nitrogen and oxygen atoms in total. The van der Waals surface area contributed by atoms with Crippen LogP contribution in [0.4, 0.5) is 0 Å². The summed E-state index contributed by atoms with van der Waals surface area (Å²) in [6.07, 6.45) is 2.04. The molecule has 0 bridgehead atoms. The number of guanidine groups is 1. The molecule has 0 atom stereocenters. The molecule has 1 saturated heterocycles. The van der Waals surface area contributed by atoms with Crippen molar-refractivity contribution in [2.75, 3.05) is 40.3 Å². The number of likely N-dealkylation sites (tertiary alicyclic amines) is 1. The first-order valence-electron chi connectivity index (χ1n) is 8.88. The summed E-state index contributed by atoms with van der Waals surface area (Å²) in [7, 11) is 3.50. The summed E-state index contributed by atoms with van der Waals surface area (Å²) in [5, 5.41) is 11.8. The average Bonchev–Trinajstić information content (AvgIpc) is 3.15. The van der Waals surface area contributed by atoms with Gasteiger partial charge in [0.15, 0.2) is 5.96 Å². The van der Waals surface area contributed by atoms with E-state index in [-0.39, 0.29) is 11.3 Å². The third-order valence-electron chi connectivity index (χ3n) is 4.68. The van der Waals surface area contributed by atoms with Crippen LogP contribution in [0.15, 0.2) is 22.5 Å². The second kappa shape index (κ2) is 9.20. The molecule has 2 rings (SSSR count). The SMILES string of the molecule is CN=C(NCC(C)(C)c1cccs1)NC1CCN(CC(=O)NC)CC1. The number of thiophene rings is 1. The highest BCUT2D eigenvalue weighted by molar-refractivity contribution is 7.10. The Kier molecular flexibility index (Phi) is 7.25. The molecule has 0 radical (unpaired) electrons. The maximum atomic E-state index is 11.5. The highest BCUT2D eigenvalue weighted by Crippen LogP contribution is 2.26. The summed E-state index contributed by atoms with van der Waals surface area (Å²) in [4.78, 5) is 19.4. The van der Waals surface area contributed by atoms with Gasteiger partial charge in [0, 0.05) is 50.1 Å². The smallest absolute Gasteiger partial charge is 0.233 e. The predicted octanol–water partition coefficient (Wildman–Crippen LogP) is 1.40. The fourth-order valence-electron chi connectivity index (χ4n) is 2.96. The largest absolute Gasteiger partial charge is 0.358 e. The van der Waals surface area contributed by atoms with Gasteiger partial charge in [0.2, 0.25) is 5.91 Å². The third-order valence-corrected chi connectivity index (χ3v) is 5.92. The minimum Gasteiger partial charge on any atom is -0.358 e. The lowest BCUT2D eigenvalue weighted by molar-refractivity contribution is -0.122. The lowest BCUT2D eigenvalue weighted by atomic mass is 9.91. The van der Waals surface area contributed by atoms with Gasteiger partial charge >= 0.3 is 0 Å². The van der Waals surface area contributed by atoms with Crippen LogP contribution in [0.1, 0.15) is 31.6 Å². The number of hydrogen-bond donors (Lipinski definition) is 3. The quantitative estimate of drug-likeness (QED) is 0.527. The first-order valence-corrected chi connectivity index (χ1v) is 9.76. The number of likely N-dealkylation sites (N-methyl/N-ethyl adjacent to an activating group) is 1. The predicted molar refractivity (Wildman–Crippen MR) is 105 cm³/mol. The molecule has 7 heteroatoms. The van der Waals surface area contributed by atoms with Crippen molar-refractivity contribution >= 4 is 23.2 Å². The topological polar surface area (TPSA) is 68.8 Å². The number of piperidine rings is 1. The molecule has 0 saturated carbocycles. The number of rotatable bonds is 6. The van der Waals surface area contributed by atoms with Crippen LogP contribution in [0.3, 0.4) is 0 Å². The van der Waals surface area contributed by atoms with E-state index in [0.717, 1.165) is 38.4 Å². The number of hydrogen-bond acceptors (Lipinski definition) is 4. The van der Waals surface area contributed by atoms with Gasteiger partial charge < -0.3 is 16.0 Å². The van der Waals surface area contributed by atoms with Crippen molar-refractivity contribution in [2.45, 2.75) is 38.1 Å². The molecule has 1 aliphatic heterocycles. The first-order chi connectivity index (χ1) is 11.9. The normalized spacial score (nSPS) is 17.4. The fraction of sp³-hybridized carbons (Fsp3) is 0.667. The number of carbonyl (C=O) groups excluding carboxylic acids is 1. The van der Waals surface area contributed by atoms with Gasteiger partial charge in [-0.2, -0.15) is 0 Å². The third kappa shape index (κ3) is 6.01. The van der Waals surface area contributed by atoms with E-state index in [1.54, 1.807) is 18.4 Å². The zero-order valence-electron chi connectivity index (χ0n) is 15.8. The molecule has 0 aromatic carbocycles. The number of nitrogens with zero attached hydrogens (tertiary/aromatic N) is 2. The van der Waals surface area contributed by atoms with Crippen LogP contribution in [0.2, 0.25) is 0 Å². The molecule has 1 amide bonds. The van der Waals surface area contributed by atoms with Gasteiger partial charge in [-0.25, -0.2) is 0 Å². The average molecular weight is 366 g/mol. The van der Waals surface area contributed by atoms with Crippen LogP contribution >= 0.6 is 11.3 Å². The molecule has 1 aromatic rings. The monoisotopic (exact) mass is 365 g/mol. The maximum Gasteiger partial charge on any atom is 0.233 e. The second-order valence-electron chi connectivity index (χ2n) is 7.15. The number of aliphatic imine (C=N–C) groups is 1. The van der Waals surface area contributed by atoms with Gasteiger partial charge in [0.1, 0.15) is 0 Å². The molecule has 1 aromatic heterocycles. The van der Waals surface area contributed by atoms with Crippen molar-refractivity contribution in [3.63, 3.8) is 0 Å². The Morgan fingerprint density at radius 1 is 1.40 bits per heavy atom. The van der Waals surface area contributed by atoms with Crippen molar-refractivity contribution in [1.29, 1.82) is 0 Å². The Balaban J connectivity index is 1.76. The number of carbonyl (C=O) groups is 1. The molecule has 140 valence electrons. The first kappa shape index (κ1) is 19.7. The van der Waals surface area contributed by atoms with Gasteiger partial charge in [0.25, 0.3) is 0 Å². The van der Waals surface area contributed by atoms with E-state index < -0.39 is 0 Å². The van der Waals surface area contributed by atoms with Crippen molar-refractivity contribution in [2.24, 2.45) is 4.99 Å². The van der Waals surface area contributed by atoms with Crippen molar-refractivity contribution in [1.82, 2.24) is 20.9 Å². The van der Waals surface area contributed by atoms with E-state index in [4.69, 9.17) is 0 Å². The Bertz CT molecular complexity index is 562. The lowest BCUT2D eigenvalue weighted by Crippen LogP contribution is -2.51. The van der Waals surface area contributed by atoms with E-state index in [2.05, 4.69) is 57.2 Å². The molecular formula is C18H31N5OS. The molecule has 1 aliphatic rings. The Morgan fingerprint density at radius 2 is 2.12 bits per heavy atom. The fourth-order valence-corrected chi connectivity index (χ4v) is 3.81. The zero-order valence-corrected chi connectivity index (χ0v) is 16.6. The summed E-state index contributed by atoms with van der Waals surface area (Å²) in [5.74, 6) is 0.939. The Labute approximate surface area is 155 Å². The van der Waals surface area contributed by atoms with Crippen LogP contribution in [0.25, 0.3) is 0 Å². The molecule has 25 heavy (non-hydrogen) atoms. The summed E-state index contributed by atoms with van der Waals surface area (Å²) in [6, 6.07) is 4.68. The zero-order chi connectivity index (χ0) is 18.3. The van der Waals surface area contributed by atoms with Gasteiger partial charge in [-0.15, -0.1) is 11.3 Å². The molecule has 0 unspecified atom stereocenters. The van der Waals surface area contributed by atoms with Crippen LogP contribution in [0, 0.1) is 0 Å². The lowest BCUT2D eigenvalue weighted by Gasteiger charge is -2.33. The van der Waals surface area contributed by atoms with Crippen LogP contribution in [-0.2, 0) is 10.2 Å². The van der Waals surface area contributed by atoms with E-state index in [9.17, 15) is 4.79 Å². The van der Waals surface area contributed by atoms with Gasteiger partial charge in [-0.05, 0) is 24.3 Å². The van der Waals surface area contributed by atoms with E-state index in [0.29, 0.717) is 12.6 Å². The van der Waals surface area contributed by atoms with Crippen molar-refractivity contribution in [3.8, 4) is 0 Å². The Morgan fingerprint density at radius 3 is 2.68 bits per heavy atom. The minimum atomic E-state index is 0.0721. The van der Waals surface area contributed by atoms with Crippen LogP contribution in [0.5, 0.6) is 0 Å². The standard InChI is InChI=1S/C18H31N5OS/c1-18(2,15-6-5-11-25-15)13-21-17(20-4)22-14-7-9-23(10-8-14)12-16(24)19-3/h5-6,11,14H,7-10,12-13H2,1-4H3,(H,19,24)(H2,20,21,22). The second-order valence-corrected chi connectivity index (χ2v) is 8.10. The van der Waals surface area contributed by atoms with Crippen LogP contribution < -0.4 is 16.0 Å². The minimum absolute atomic E-state index is 0.0721. The summed E-state index contributed by atoms with van der Waals surface area (Å²) >= 11 is 1.79.